The number of hydrogen-bond donors (Lipinski definition) is 2. The van der Waals surface area contributed by atoms with Crippen molar-refractivity contribution >= 4 is 5.82 Å². The molecule has 0 saturated heterocycles. The second-order valence-electron chi connectivity index (χ2n) is 10.7. The number of rotatable bonds is 10. The highest BCUT2D eigenvalue weighted by atomic mass is 15.3. The summed E-state index contributed by atoms with van der Waals surface area (Å²) < 4.78 is 1.98. The summed E-state index contributed by atoms with van der Waals surface area (Å²) in [4.78, 5) is 0. The van der Waals surface area contributed by atoms with Crippen LogP contribution in [0.5, 0.6) is 0 Å². The van der Waals surface area contributed by atoms with Gasteiger partial charge in [-0.3, -0.25) is 0 Å². The van der Waals surface area contributed by atoms with Crippen molar-refractivity contribution in [3.8, 4) is 0 Å². The molecule has 1 saturated carbocycles. The number of hydrogen-bond acceptors (Lipinski definition) is 3. The fourth-order valence-electron chi connectivity index (χ4n) is 5.20. The van der Waals surface area contributed by atoms with E-state index in [1.165, 1.54) is 66.4 Å². The van der Waals surface area contributed by atoms with E-state index in [0.29, 0.717) is 0 Å². The summed E-state index contributed by atoms with van der Waals surface area (Å²) in [5.74, 6) is 1.94. The lowest BCUT2D eigenvalue weighted by Crippen LogP contribution is -2.19. The number of allylic oxidation sites excluding steroid dienone is 7. The number of nitrogens with zero attached hydrogens (tertiary/aromatic N) is 2. The molecule has 0 radical (unpaired) electrons. The summed E-state index contributed by atoms with van der Waals surface area (Å²) in [5, 5.41) is 11.4. The summed E-state index contributed by atoms with van der Waals surface area (Å²) in [7, 11) is 1.97. The zero-order valence-corrected chi connectivity index (χ0v) is 26.2. The van der Waals surface area contributed by atoms with E-state index in [4.69, 9.17) is 0 Å². The van der Waals surface area contributed by atoms with E-state index in [1.807, 2.05) is 31.8 Å². The second kappa shape index (κ2) is 18.3. The number of aryl methyl sites for hydroxylation is 1. The van der Waals surface area contributed by atoms with Crippen LogP contribution >= 0.6 is 0 Å². The van der Waals surface area contributed by atoms with Gasteiger partial charge in [0.05, 0.1) is 6.20 Å². The van der Waals surface area contributed by atoms with Gasteiger partial charge < -0.3 is 10.6 Å². The van der Waals surface area contributed by atoms with Crippen LogP contribution in [-0.4, -0.2) is 16.8 Å². The first-order valence-corrected chi connectivity index (χ1v) is 15.3. The van der Waals surface area contributed by atoms with Gasteiger partial charge in [-0.1, -0.05) is 95.0 Å². The molecule has 4 rings (SSSR count). The maximum atomic E-state index is 4.59. The Labute approximate surface area is 245 Å². The number of benzene rings is 1. The van der Waals surface area contributed by atoms with Crippen LogP contribution in [0.15, 0.2) is 84.6 Å². The van der Waals surface area contributed by atoms with Gasteiger partial charge in [-0.2, -0.15) is 5.10 Å². The number of nitrogens with one attached hydrogen (secondary N) is 2. The monoisotopic (exact) mass is 542 g/mol. The van der Waals surface area contributed by atoms with Crippen LogP contribution in [0.3, 0.4) is 0 Å². The first-order valence-electron chi connectivity index (χ1n) is 15.3. The highest BCUT2D eigenvalue weighted by Crippen LogP contribution is 2.27. The lowest BCUT2D eigenvalue weighted by molar-refractivity contribution is 0.361. The molecule has 0 spiro atoms. The van der Waals surface area contributed by atoms with Crippen molar-refractivity contribution < 1.29 is 0 Å². The third-order valence-corrected chi connectivity index (χ3v) is 7.69. The zero-order valence-electron chi connectivity index (χ0n) is 26.2. The smallest absolute Gasteiger partial charge is 0.128 e. The first-order chi connectivity index (χ1) is 19.4. The molecule has 0 atom stereocenters. The van der Waals surface area contributed by atoms with Crippen molar-refractivity contribution in [2.45, 2.75) is 99.1 Å². The quantitative estimate of drug-likeness (QED) is 0.232. The van der Waals surface area contributed by atoms with Crippen LogP contribution in [0.4, 0.5) is 0 Å². The molecule has 2 N–H and O–H groups in total. The molecule has 1 heterocycles. The maximum Gasteiger partial charge on any atom is 0.128 e. The molecule has 0 bridgehead atoms. The molecule has 2 aliphatic rings. The van der Waals surface area contributed by atoms with Gasteiger partial charge in [-0.25, -0.2) is 4.68 Å². The van der Waals surface area contributed by atoms with Crippen LogP contribution in [0.1, 0.15) is 94.5 Å². The lowest BCUT2D eigenvalue weighted by atomic mass is 9.87. The minimum Gasteiger partial charge on any atom is -0.366 e. The average molecular weight is 543 g/mol. The molecule has 0 amide bonds. The molecular formula is C36H54N4. The van der Waals surface area contributed by atoms with Gasteiger partial charge in [0.1, 0.15) is 5.82 Å². The van der Waals surface area contributed by atoms with E-state index < -0.39 is 0 Å². The van der Waals surface area contributed by atoms with E-state index in [1.54, 1.807) is 0 Å². The van der Waals surface area contributed by atoms with Crippen molar-refractivity contribution in [1.29, 1.82) is 0 Å². The van der Waals surface area contributed by atoms with E-state index in [-0.39, 0.29) is 0 Å². The topological polar surface area (TPSA) is 41.9 Å². The Balaban J connectivity index is 0.000000428. The fourth-order valence-corrected chi connectivity index (χ4v) is 5.20. The first kappa shape index (κ1) is 33.1. The van der Waals surface area contributed by atoms with E-state index in [0.717, 1.165) is 48.9 Å². The molecule has 0 unspecified atom stereocenters. The summed E-state index contributed by atoms with van der Waals surface area (Å²) in [6.45, 7) is 20.1. The summed E-state index contributed by atoms with van der Waals surface area (Å²) >= 11 is 0. The van der Waals surface area contributed by atoms with E-state index >= 15 is 0 Å². The molecule has 1 fully saturated rings. The molecule has 1 aromatic carbocycles. The van der Waals surface area contributed by atoms with Crippen LogP contribution in [0.25, 0.3) is 5.82 Å². The van der Waals surface area contributed by atoms with Crippen molar-refractivity contribution in [2.75, 3.05) is 7.05 Å². The molecule has 40 heavy (non-hydrogen) atoms. The van der Waals surface area contributed by atoms with Crippen LogP contribution in [-0.2, 0) is 13.1 Å². The van der Waals surface area contributed by atoms with Crippen LogP contribution in [0, 0.1) is 19.8 Å². The predicted molar refractivity (Wildman–Crippen MR) is 175 cm³/mol. The minimum absolute atomic E-state index is 0.731. The third-order valence-electron chi connectivity index (χ3n) is 7.69. The zero-order chi connectivity index (χ0) is 29.3. The Bertz CT molecular complexity index is 1140. The fraction of sp³-hybridized carbons (Fsp3) is 0.472. The van der Waals surface area contributed by atoms with Gasteiger partial charge in [0.25, 0.3) is 0 Å². The Morgan fingerprint density at radius 3 is 2.23 bits per heavy atom. The molecule has 4 nitrogen and oxygen atoms in total. The highest BCUT2D eigenvalue weighted by molar-refractivity contribution is 5.56. The molecular weight excluding hydrogens is 488 g/mol. The van der Waals surface area contributed by atoms with Gasteiger partial charge >= 0.3 is 0 Å². The number of aromatic nitrogens is 2. The van der Waals surface area contributed by atoms with Crippen molar-refractivity contribution in [2.24, 2.45) is 5.92 Å². The highest BCUT2D eigenvalue weighted by Gasteiger charge is 2.12. The Morgan fingerprint density at radius 2 is 1.68 bits per heavy atom. The van der Waals surface area contributed by atoms with Crippen LogP contribution in [0.2, 0.25) is 0 Å². The molecule has 2 aromatic rings. The summed E-state index contributed by atoms with van der Waals surface area (Å²) in [5.41, 5.74) is 8.50. The molecule has 4 heteroatoms. The van der Waals surface area contributed by atoms with E-state index in [9.17, 15) is 0 Å². The minimum atomic E-state index is 0.731. The Kier molecular flexibility index (Phi) is 15.1. The van der Waals surface area contributed by atoms with Crippen molar-refractivity contribution in [1.82, 2.24) is 20.4 Å². The SMILES string of the molecule is C=C(/C=C(/NCc1ccc(CNC)cc1)n1ncc(C)c1C)C1=C(C)C=CCC1.C=CCC1CCCCC1.CC. The van der Waals surface area contributed by atoms with Crippen molar-refractivity contribution in [3.63, 3.8) is 0 Å². The van der Waals surface area contributed by atoms with Gasteiger partial charge in [0.2, 0.25) is 0 Å². The predicted octanol–water partition coefficient (Wildman–Crippen LogP) is 9.20. The largest absolute Gasteiger partial charge is 0.366 e. The summed E-state index contributed by atoms with van der Waals surface area (Å²) in [6.07, 6.45) is 21.2. The molecule has 218 valence electrons. The molecule has 0 aliphatic heterocycles. The maximum absolute atomic E-state index is 4.59. The second-order valence-corrected chi connectivity index (χ2v) is 10.7. The Hall–Kier alpha value is -3.11. The lowest BCUT2D eigenvalue weighted by Gasteiger charge is -2.19. The van der Waals surface area contributed by atoms with Crippen molar-refractivity contribution in [3.05, 3.63) is 107 Å². The van der Waals surface area contributed by atoms with Gasteiger partial charge in [-0.05, 0) is 92.5 Å². The summed E-state index contributed by atoms with van der Waals surface area (Å²) in [6, 6.07) is 8.68. The van der Waals surface area contributed by atoms with Gasteiger partial charge in [0.15, 0.2) is 0 Å². The Morgan fingerprint density at radius 1 is 1.02 bits per heavy atom. The standard InChI is InChI=1S/C25H32N4.C9H16.C2H6/c1-18-8-6-7-9-24(18)19(2)14-25(29-21(4)20(3)15-28-29)27-17-23-12-10-22(11-13-23)16-26-5;1-2-6-9-7-4-3-5-8-9;1-2/h6,8,10-15,26-27H,2,7,9,16-17H2,1,3-5H3;2,9H,1,3-8H2;1-2H3/b25-14-;;. The molecule has 1 aromatic heterocycles. The molecule has 2 aliphatic carbocycles. The van der Waals surface area contributed by atoms with Gasteiger partial charge in [-0.15, -0.1) is 6.58 Å². The third kappa shape index (κ3) is 10.5. The van der Waals surface area contributed by atoms with Crippen LogP contribution < -0.4 is 10.6 Å². The van der Waals surface area contributed by atoms with Gasteiger partial charge in [0, 0.05) is 18.8 Å². The van der Waals surface area contributed by atoms with E-state index in [2.05, 4.69) is 98.2 Å². The normalized spacial score (nSPS) is 15.5. The average Bonchev–Trinajstić information content (AvgIpc) is 3.32.